The van der Waals surface area contributed by atoms with Gasteiger partial charge in [0.25, 0.3) is 0 Å². The number of nitrogens with one attached hydrogen (secondary N) is 2. The van der Waals surface area contributed by atoms with E-state index in [4.69, 9.17) is 0 Å². The predicted octanol–water partition coefficient (Wildman–Crippen LogP) is 2.76. The van der Waals surface area contributed by atoms with Crippen LogP contribution >= 0.6 is 0 Å². The van der Waals surface area contributed by atoms with E-state index in [9.17, 15) is 0 Å². The molecule has 2 aliphatic rings. The fraction of sp³-hybridized carbons (Fsp3) is 0. The topological polar surface area (TPSA) is 48.8 Å². The summed E-state index contributed by atoms with van der Waals surface area (Å²) in [7, 11) is 0. The second-order valence-corrected chi connectivity index (χ2v) is 3.49. The molecule has 90 valence electrons. The molecule has 0 saturated heterocycles. The Morgan fingerprint density at radius 2 is 1.72 bits per heavy atom. The minimum Gasteiger partial charge on any atom is -0.286 e. The fourth-order valence-corrected chi connectivity index (χ4v) is 1.38. The third-order valence-corrected chi connectivity index (χ3v) is 2.21. The lowest BCUT2D eigenvalue weighted by molar-refractivity contribution is 0.980. The third-order valence-electron chi connectivity index (χ3n) is 2.21. The summed E-state index contributed by atoms with van der Waals surface area (Å²) in [6.07, 6.45) is 14.8. The molecule has 18 heavy (non-hydrogen) atoms. The molecule has 2 aliphatic heterocycles. The number of hydrazone groups is 2. The summed E-state index contributed by atoms with van der Waals surface area (Å²) < 4.78 is 0. The smallest absolute Gasteiger partial charge is 0.0634 e. The Kier molecular flexibility index (Phi) is 4.51. The molecule has 0 unspecified atom stereocenters. The number of rotatable bonds is 0. The van der Waals surface area contributed by atoms with Crippen molar-refractivity contribution in [3.05, 3.63) is 60.3 Å². The first-order valence-electron chi connectivity index (χ1n) is 5.62. The largest absolute Gasteiger partial charge is 0.286 e. The quantitative estimate of drug-likeness (QED) is 0.730. The molecule has 0 aromatic heterocycles. The molecule has 2 heterocycles. The average Bonchev–Trinajstić information content (AvgIpc) is 2.84. The summed E-state index contributed by atoms with van der Waals surface area (Å²) in [4.78, 5) is 0. The minimum atomic E-state index is 1.05. The molecule has 4 nitrogen and oxygen atoms in total. The van der Waals surface area contributed by atoms with E-state index in [-0.39, 0.29) is 0 Å². The third kappa shape index (κ3) is 3.75. The summed E-state index contributed by atoms with van der Waals surface area (Å²) in [5.41, 5.74) is 7.83. The number of anilines is 1. The zero-order chi connectivity index (χ0) is 12.5. The maximum absolute atomic E-state index is 3.95. The van der Waals surface area contributed by atoms with Crippen molar-refractivity contribution in [2.24, 2.45) is 10.2 Å². The molecule has 2 N–H and O–H groups in total. The van der Waals surface area contributed by atoms with Gasteiger partial charge in [0.15, 0.2) is 0 Å². The second-order valence-electron chi connectivity index (χ2n) is 3.49. The molecule has 0 radical (unpaired) electrons. The molecule has 1 aromatic carbocycles. The Morgan fingerprint density at radius 3 is 2.72 bits per heavy atom. The van der Waals surface area contributed by atoms with Gasteiger partial charge in [0.05, 0.1) is 5.69 Å². The van der Waals surface area contributed by atoms with Gasteiger partial charge in [-0.3, -0.25) is 10.9 Å². The molecule has 0 saturated carbocycles. The lowest BCUT2D eigenvalue weighted by atomic mass is 10.2. The number of hydrogen-bond donors (Lipinski definition) is 2. The van der Waals surface area contributed by atoms with Crippen LogP contribution < -0.4 is 10.9 Å². The Bertz CT molecular complexity index is 510. The number of para-hydroxylation sites is 1. The molecule has 4 heteroatoms. The van der Waals surface area contributed by atoms with Gasteiger partial charge in [-0.15, -0.1) is 0 Å². The van der Waals surface area contributed by atoms with Crippen LogP contribution in [0.15, 0.2) is 65.0 Å². The average molecular weight is 238 g/mol. The van der Waals surface area contributed by atoms with Crippen LogP contribution in [-0.2, 0) is 0 Å². The molecule has 0 aliphatic carbocycles. The first-order chi connectivity index (χ1) is 8.97. The van der Waals surface area contributed by atoms with Gasteiger partial charge in [0, 0.05) is 18.6 Å². The Morgan fingerprint density at radius 1 is 0.833 bits per heavy atom. The molecule has 0 atom stereocenters. The summed E-state index contributed by atoms with van der Waals surface area (Å²) >= 11 is 0. The maximum atomic E-state index is 3.95. The highest BCUT2D eigenvalue weighted by Gasteiger charge is 1.96. The van der Waals surface area contributed by atoms with E-state index < -0.39 is 0 Å². The van der Waals surface area contributed by atoms with Crippen molar-refractivity contribution >= 4 is 24.2 Å². The Hall–Kier alpha value is -2.62. The standard InChI is InChI=1S/C9H8N2.C5H6N2/c1-2-6-9-8(4-1)5-3-7-10-11-9;1-2-4-6-7-5-3-1/h1-7,11H;1-6H. The molecule has 3 rings (SSSR count). The van der Waals surface area contributed by atoms with Gasteiger partial charge in [-0.05, 0) is 29.9 Å². The lowest BCUT2D eigenvalue weighted by Gasteiger charge is -2.00. The van der Waals surface area contributed by atoms with Crippen molar-refractivity contribution in [1.82, 2.24) is 5.43 Å². The van der Waals surface area contributed by atoms with Gasteiger partial charge in [-0.25, -0.2) is 0 Å². The van der Waals surface area contributed by atoms with Crippen LogP contribution in [0.5, 0.6) is 0 Å². The number of fused-ring (bicyclic) bond motifs is 1. The van der Waals surface area contributed by atoms with Crippen LogP contribution in [0.25, 0.3) is 6.08 Å². The minimum absolute atomic E-state index is 1.05. The summed E-state index contributed by atoms with van der Waals surface area (Å²) in [6, 6.07) is 8.05. The van der Waals surface area contributed by atoms with Gasteiger partial charge < -0.3 is 0 Å². The molecule has 1 aromatic rings. The fourth-order valence-electron chi connectivity index (χ4n) is 1.38. The zero-order valence-electron chi connectivity index (χ0n) is 9.82. The van der Waals surface area contributed by atoms with E-state index in [2.05, 4.69) is 21.1 Å². The normalized spacial score (nSPS) is 14.4. The molecule has 0 spiro atoms. The van der Waals surface area contributed by atoms with Crippen molar-refractivity contribution in [3.8, 4) is 0 Å². The van der Waals surface area contributed by atoms with Crippen LogP contribution in [0.4, 0.5) is 5.69 Å². The highest BCUT2D eigenvalue weighted by molar-refractivity contribution is 5.83. The van der Waals surface area contributed by atoms with Crippen LogP contribution in [0.1, 0.15) is 5.56 Å². The van der Waals surface area contributed by atoms with E-state index in [1.54, 1.807) is 18.6 Å². The lowest BCUT2D eigenvalue weighted by Crippen LogP contribution is -1.89. The molecule has 0 amide bonds. The second kappa shape index (κ2) is 6.85. The number of allylic oxidation sites excluding steroid dienone is 4. The first-order valence-corrected chi connectivity index (χ1v) is 5.62. The number of hydrogen-bond acceptors (Lipinski definition) is 4. The molecular weight excluding hydrogens is 224 g/mol. The highest BCUT2D eigenvalue weighted by atomic mass is 15.3. The summed E-state index contributed by atoms with van der Waals surface area (Å²) in [6.45, 7) is 0. The Labute approximate surface area is 106 Å². The van der Waals surface area contributed by atoms with Crippen molar-refractivity contribution < 1.29 is 0 Å². The maximum Gasteiger partial charge on any atom is 0.0634 e. The highest BCUT2D eigenvalue weighted by Crippen LogP contribution is 2.17. The van der Waals surface area contributed by atoms with Crippen LogP contribution in [0.2, 0.25) is 0 Å². The van der Waals surface area contributed by atoms with Crippen LogP contribution in [0, 0.1) is 0 Å². The van der Waals surface area contributed by atoms with Gasteiger partial charge >= 0.3 is 0 Å². The first kappa shape index (κ1) is 11.9. The van der Waals surface area contributed by atoms with E-state index in [1.807, 2.05) is 54.6 Å². The zero-order valence-corrected chi connectivity index (χ0v) is 9.82. The molecule has 0 fully saturated rings. The SMILES string of the molecule is C1=CC=NNC=C1.C1=Cc2ccccc2NN=C1. The number of benzene rings is 1. The van der Waals surface area contributed by atoms with Crippen molar-refractivity contribution in [1.29, 1.82) is 0 Å². The van der Waals surface area contributed by atoms with Gasteiger partial charge in [0.2, 0.25) is 0 Å². The van der Waals surface area contributed by atoms with E-state index in [0.717, 1.165) is 5.69 Å². The van der Waals surface area contributed by atoms with Crippen molar-refractivity contribution in [3.63, 3.8) is 0 Å². The number of nitrogens with zero attached hydrogens (tertiary/aromatic N) is 2. The van der Waals surface area contributed by atoms with Crippen LogP contribution in [-0.4, -0.2) is 12.4 Å². The molecule has 0 bridgehead atoms. The predicted molar refractivity (Wildman–Crippen MR) is 77.5 cm³/mol. The van der Waals surface area contributed by atoms with E-state index >= 15 is 0 Å². The van der Waals surface area contributed by atoms with Gasteiger partial charge in [-0.2, -0.15) is 10.2 Å². The van der Waals surface area contributed by atoms with Crippen molar-refractivity contribution in [2.45, 2.75) is 0 Å². The van der Waals surface area contributed by atoms with Crippen molar-refractivity contribution in [2.75, 3.05) is 5.43 Å². The monoisotopic (exact) mass is 238 g/mol. The van der Waals surface area contributed by atoms with E-state index in [1.165, 1.54) is 5.56 Å². The Balaban J connectivity index is 0.000000149. The van der Waals surface area contributed by atoms with E-state index in [0.29, 0.717) is 0 Å². The molecular formula is C14H14N4. The van der Waals surface area contributed by atoms with Gasteiger partial charge in [-0.1, -0.05) is 30.4 Å². The summed E-state index contributed by atoms with van der Waals surface area (Å²) in [5, 5.41) is 7.67. The van der Waals surface area contributed by atoms with Crippen LogP contribution in [0.3, 0.4) is 0 Å². The summed E-state index contributed by atoms with van der Waals surface area (Å²) in [5.74, 6) is 0. The van der Waals surface area contributed by atoms with Gasteiger partial charge in [0.1, 0.15) is 0 Å².